The van der Waals surface area contributed by atoms with Gasteiger partial charge in [-0.15, -0.1) is 0 Å². The molecule has 0 aliphatic carbocycles. The Morgan fingerprint density at radius 1 is 0.889 bits per heavy atom. The number of likely N-dealkylation sites (N-methyl/N-ethyl adjacent to an activating group) is 1. The van der Waals surface area contributed by atoms with E-state index in [1.807, 2.05) is 18.2 Å². The third-order valence-electron chi connectivity index (χ3n) is 7.93. The molecule has 0 saturated carbocycles. The van der Waals surface area contributed by atoms with Crippen molar-refractivity contribution < 1.29 is 38.1 Å². The molecule has 0 unspecified atom stereocenters. The van der Waals surface area contributed by atoms with Gasteiger partial charge in [0, 0.05) is 30.9 Å². The molecule has 0 bridgehead atoms. The van der Waals surface area contributed by atoms with E-state index in [-0.39, 0.29) is 31.2 Å². The first kappa shape index (κ1) is 41.2. The molecule has 1 N–H and O–H groups in total. The number of nitrogens with one attached hydrogen (secondary N) is 1. The predicted molar refractivity (Wildman–Crippen MR) is 207 cm³/mol. The Hall–Kier alpha value is -5.59. The van der Waals surface area contributed by atoms with Crippen molar-refractivity contribution in [1.82, 2.24) is 19.7 Å². The van der Waals surface area contributed by atoms with Crippen molar-refractivity contribution in [2.75, 3.05) is 32.6 Å². The molecule has 0 aliphatic rings. The minimum absolute atomic E-state index is 0.115. The van der Waals surface area contributed by atoms with E-state index >= 15 is 0 Å². The van der Waals surface area contributed by atoms with Crippen LogP contribution < -0.4 is 14.8 Å². The van der Waals surface area contributed by atoms with Gasteiger partial charge in [0.2, 0.25) is 0 Å². The van der Waals surface area contributed by atoms with Crippen LogP contribution in [-0.2, 0) is 27.4 Å². The van der Waals surface area contributed by atoms with Crippen LogP contribution in [0.15, 0.2) is 60.8 Å². The molecule has 54 heavy (non-hydrogen) atoms. The molecule has 2 aromatic carbocycles. The molecule has 2 heterocycles. The SMILES string of the molecule is CCOC(=O)c1c(-c2ccc(OCc3ccc(C(C)C)cc3)c(OC)c2)c(-c2ccnc(NC(=O)OC(C)(C)C)c2)nn1CCN(C)C(=O)OC(C)(C)C. The lowest BCUT2D eigenvalue weighted by molar-refractivity contribution is 0.0291. The molecule has 0 saturated heterocycles. The number of ether oxygens (including phenoxy) is 5. The zero-order valence-electron chi connectivity index (χ0n) is 33.2. The molecular formula is C41H53N5O8. The third kappa shape index (κ3) is 11.2. The normalized spacial score (nSPS) is 11.6. The molecule has 4 rings (SSSR count). The van der Waals surface area contributed by atoms with Crippen molar-refractivity contribution in [1.29, 1.82) is 0 Å². The Morgan fingerprint density at radius 3 is 2.19 bits per heavy atom. The Kier molecular flexibility index (Phi) is 13.3. The zero-order chi connectivity index (χ0) is 39.8. The lowest BCUT2D eigenvalue weighted by atomic mass is 9.98. The van der Waals surface area contributed by atoms with Crippen LogP contribution in [0.4, 0.5) is 15.4 Å². The van der Waals surface area contributed by atoms with Gasteiger partial charge in [0.15, 0.2) is 17.2 Å². The second-order valence-corrected chi connectivity index (χ2v) is 15.0. The van der Waals surface area contributed by atoms with Crippen molar-refractivity contribution in [3.05, 3.63) is 77.6 Å². The summed E-state index contributed by atoms with van der Waals surface area (Å²) >= 11 is 0. The highest BCUT2D eigenvalue weighted by atomic mass is 16.6. The number of hydrogen-bond acceptors (Lipinski definition) is 10. The van der Waals surface area contributed by atoms with E-state index in [2.05, 4.69) is 36.3 Å². The van der Waals surface area contributed by atoms with Crippen LogP contribution in [0, 0.1) is 0 Å². The highest BCUT2D eigenvalue weighted by molar-refractivity contribution is 6.01. The van der Waals surface area contributed by atoms with Crippen molar-refractivity contribution in [2.24, 2.45) is 0 Å². The summed E-state index contributed by atoms with van der Waals surface area (Å²) < 4.78 is 30.0. The van der Waals surface area contributed by atoms with Gasteiger partial charge in [0.1, 0.15) is 29.3 Å². The monoisotopic (exact) mass is 743 g/mol. The quantitative estimate of drug-likeness (QED) is 0.104. The van der Waals surface area contributed by atoms with Crippen LogP contribution in [0.3, 0.4) is 0 Å². The van der Waals surface area contributed by atoms with Crippen LogP contribution in [0.2, 0.25) is 0 Å². The van der Waals surface area contributed by atoms with Gasteiger partial charge >= 0.3 is 18.2 Å². The fourth-order valence-corrected chi connectivity index (χ4v) is 5.34. The molecule has 0 fully saturated rings. The van der Waals surface area contributed by atoms with Crippen LogP contribution >= 0.6 is 0 Å². The number of hydrogen-bond donors (Lipinski definition) is 1. The summed E-state index contributed by atoms with van der Waals surface area (Å²) in [6.45, 7) is 17.4. The summed E-state index contributed by atoms with van der Waals surface area (Å²) in [5.41, 5.74) is 2.96. The van der Waals surface area contributed by atoms with Gasteiger partial charge < -0.3 is 28.6 Å². The van der Waals surface area contributed by atoms with E-state index in [0.717, 1.165) is 5.56 Å². The molecule has 0 atom stereocenters. The van der Waals surface area contributed by atoms with Gasteiger partial charge in [0.05, 0.1) is 20.3 Å². The zero-order valence-corrected chi connectivity index (χ0v) is 33.2. The van der Waals surface area contributed by atoms with Crippen LogP contribution in [0.5, 0.6) is 11.5 Å². The second kappa shape index (κ2) is 17.5. The molecular weight excluding hydrogens is 690 g/mol. The summed E-state index contributed by atoms with van der Waals surface area (Å²) in [5, 5.41) is 7.58. The Balaban J connectivity index is 1.81. The van der Waals surface area contributed by atoms with Gasteiger partial charge in [-0.25, -0.2) is 19.4 Å². The molecule has 13 nitrogen and oxygen atoms in total. The lowest BCUT2D eigenvalue weighted by Gasteiger charge is -2.24. The molecule has 2 amide bonds. The number of benzene rings is 2. The van der Waals surface area contributed by atoms with E-state index in [9.17, 15) is 14.4 Å². The molecule has 290 valence electrons. The number of methoxy groups -OCH3 is 1. The number of carbonyl (C=O) groups is 3. The molecule has 0 radical (unpaired) electrons. The maximum absolute atomic E-state index is 13.8. The van der Waals surface area contributed by atoms with E-state index in [0.29, 0.717) is 46.4 Å². The number of pyridine rings is 1. The Labute approximate surface area is 317 Å². The Bertz CT molecular complexity index is 1920. The van der Waals surface area contributed by atoms with E-state index in [4.69, 9.17) is 28.8 Å². The summed E-state index contributed by atoms with van der Waals surface area (Å²) in [6.07, 6.45) is 0.332. The van der Waals surface area contributed by atoms with Gasteiger partial charge in [-0.05, 0) is 95.3 Å². The van der Waals surface area contributed by atoms with Crippen molar-refractivity contribution in [2.45, 2.75) is 92.6 Å². The minimum atomic E-state index is -0.720. The van der Waals surface area contributed by atoms with E-state index in [1.165, 1.54) is 21.3 Å². The molecule has 0 spiro atoms. The standard InChI is InChI=1S/C41H53N5O8/c1-12-51-37(47)36-34(29-17-18-31(32(23-29)50-11)52-25-27-13-15-28(16-14-27)26(2)3)35(44-46(36)22-21-45(10)39(49)54-41(7,8)9)30-19-20-42-33(24-30)43-38(48)53-40(4,5)6/h13-20,23-24,26H,12,21-22,25H2,1-11H3,(H,42,43,48). The topological polar surface area (TPSA) is 143 Å². The van der Waals surface area contributed by atoms with Gasteiger partial charge in [-0.2, -0.15) is 5.10 Å². The fourth-order valence-electron chi connectivity index (χ4n) is 5.34. The van der Waals surface area contributed by atoms with Crippen molar-refractivity contribution >= 4 is 24.0 Å². The summed E-state index contributed by atoms with van der Waals surface area (Å²) in [5.74, 6) is 0.968. The number of amides is 2. The first-order valence-corrected chi connectivity index (χ1v) is 18.0. The highest BCUT2D eigenvalue weighted by Gasteiger charge is 2.29. The average molecular weight is 744 g/mol. The molecule has 2 aromatic heterocycles. The van der Waals surface area contributed by atoms with Gasteiger partial charge in [0.25, 0.3) is 0 Å². The van der Waals surface area contributed by atoms with E-state index in [1.54, 1.807) is 86.9 Å². The highest BCUT2D eigenvalue weighted by Crippen LogP contribution is 2.40. The maximum Gasteiger partial charge on any atom is 0.413 e. The maximum atomic E-state index is 13.8. The number of anilines is 1. The average Bonchev–Trinajstić information content (AvgIpc) is 3.48. The van der Waals surface area contributed by atoms with Crippen LogP contribution in [0.1, 0.15) is 89.8 Å². The predicted octanol–water partition coefficient (Wildman–Crippen LogP) is 8.71. The van der Waals surface area contributed by atoms with Gasteiger partial charge in [-0.3, -0.25) is 10.00 Å². The number of nitrogens with zero attached hydrogens (tertiary/aromatic N) is 4. The first-order chi connectivity index (χ1) is 25.4. The third-order valence-corrected chi connectivity index (χ3v) is 7.93. The van der Waals surface area contributed by atoms with Crippen LogP contribution in [-0.4, -0.2) is 76.3 Å². The lowest BCUT2D eigenvalue weighted by Crippen LogP contribution is -2.36. The molecule has 13 heteroatoms. The van der Waals surface area contributed by atoms with Crippen molar-refractivity contribution in [3.8, 4) is 33.9 Å². The van der Waals surface area contributed by atoms with Gasteiger partial charge in [-0.1, -0.05) is 44.2 Å². The van der Waals surface area contributed by atoms with E-state index < -0.39 is 29.4 Å². The number of esters is 1. The smallest absolute Gasteiger partial charge is 0.413 e. The van der Waals surface area contributed by atoms with Crippen molar-refractivity contribution in [3.63, 3.8) is 0 Å². The summed E-state index contributed by atoms with van der Waals surface area (Å²) in [6, 6.07) is 17.0. The fraction of sp³-hybridized carbons (Fsp3) is 0.439. The van der Waals surface area contributed by atoms with Crippen LogP contribution in [0.25, 0.3) is 22.4 Å². The molecule has 4 aromatic rings. The number of rotatable bonds is 13. The summed E-state index contributed by atoms with van der Waals surface area (Å²) in [7, 11) is 3.16. The largest absolute Gasteiger partial charge is 0.493 e. The Morgan fingerprint density at radius 2 is 1.57 bits per heavy atom. The number of aromatic nitrogens is 3. The minimum Gasteiger partial charge on any atom is -0.493 e. The molecule has 0 aliphatic heterocycles. The number of carbonyl (C=O) groups excluding carboxylic acids is 3. The summed E-state index contributed by atoms with van der Waals surface area (Å²) in [4.78, 5) is 45.0. The first-order valence-electron chi connectivity index (χ1n) is 18.0. The second-order valence-electron chi connectivity index (χ2n) is 15.0.